The minimum absolute atomic E-state index is 0.0736. The predicted octanol–water partition coefficient (Wildman–Crippen LogP) is 3.05. The number of nitrogens with one attached hydrogen (secondary N) is 1. The SMILES string of the molecule is C=C(C)C(=O)NCC(C)OCCCCCCC. The molecule has 0 rings (SSSR count). The molecular formula is C14H27NO2. The van der Waals surface area contributed by atoms with Crippen molar-refractivity contribution in [2.45, 2.75) is 59.0 Å². The molecule has 0 aliphatic rings. The minimum Gasteiger partial charge on any atom is -0.377 e. The maximum atomic E-state index is 11.2. The van der Waals surface area contributed by atoms with E-state index in [1.165, 1.54) is 25.7 Å². The maximum Gasteiger partial charge on any atom is 0.246 e. The first-order valence-electron chi connectivity index (χ1n) is 6.63. The molecule has 0 fully saturated rings. The van der Waals surface area contributed by atoms with E-state index in [-0.39, 0.29) is 12.0 Å². The third-order valence-corrected chi connectivity index (χ3v) is 2.59. The average Bonchev–Trinajstić information content (AvgIpc) is 2.30. The number of unbranched alkanes of at least 4 members (excludes halogenated alkanes) is 4. The second-order valence-corrected chi connectivity index (χ2v) is 4.59. The second kappa shape index (κ2) is 10.3. The van der Waals surface area contributed by atoms with E-state index in [1.807, 2.05) is 6.92 Å². The molecule has 0 aromatic carbocycles. The third kappa shape index (κ3) is 10.1. The van der Waals surface area contributed by atoms with E-state index in [2.05, 4.69) is 18.8 Å². The van der Waals surface area contributed by atoms with Crippen LogP contribution in [-0.2, 0) is 9.53 Å². The lowest BCUT2D eigenvalue weighted by atomic mass is 10.2. The monoisotopic (exact) mass is 241 g/mol. The molecule has 3 heteroatoms. The Labute approximate surface area is 106 Å². The molecule has 0 saturated heterocycles. The Bertz CT molecular complexity index is 226. The van der Waals surface area contributed by atoms with Crippen molar-refractivity contribution in [2.24, 2.45) is 0 Å². The molecule has 0 radical (unpaired) electrons. The van der Waals surface area contributed by atoms with E-state index in [9.17, 15) is 4.79 Å². The molecule has 1 unspecified atom stereocenters. The Morgan fingerprint density at radius 1 is 1.29 bits per heavy atom. The summed E-state index contributed by atoms with van der Waals surface area (Å²) in [5, 5.41) is 2.78. The van der Waals surface area contributed by atoms with Gasteiger partial charge in [0.2, 0.25) is 5.91 Å². The van der Waals surface area contributed by atoms with Crippen LogP contribution in [0.5, 0.6) is 0 Å². The van der Waals surface area contributed by atoms with Crippen molar-refractivity contribution in [1.29, 1.82) is 0 Å². The van der Waals surface area contributed by atoms with Gasteiger partial charge < -0.3 is 10.1 Å². The summed E-state index contributed by atoms with van der Waals surface area (Å²) in [7, 11) is 0. The van der Waals surface area contributed by atoms with Gasteiger partial charge in [0.1, 0.15) is 0 Å². The number of carbonyl (C=O) groups is 1. The summed E-state index contributed by atoms with van der Waals surface area (Å²) in [4.78, 5) is 11.2. The highest BCUT2D eigenvalue weighted by Crippen LogP contribution is 2.03. The Morgan fingerprint density at radius 3 is 2.53 bits per heavy atom. The normalized spacial score (nSPS) is 12.2. The Kier molecular flexibility index (Phi) is 9.83. The summed E-state index contributed by atoms with van der Waals surface area (Å²) in [6, 6.07) is 0. The van der Waals surface area contributed by atoms with Crippen LogP contribution >= 0.6 is 0 Å². The molecule has 0 aliphatic carbocycles. The van der Waals surface area contributed by atoms with Gasteiger partial charge in [0.15, 0.2) is 0 Å². The quantitative estimate of drug-likeness (QED) is 0.471. The zero-order chi connectivity index (χ0) is 13.1. The van der Waals surface area contributed by atoms with Gasteiger partial charge in [-0.1, -0.05) is 39.2 Å². The van der Waals surface area contributed by atoms with Gasteiger partial charge in [-0.05, 0) is 20.3 Å². The van der Waals surface area contributed by atoms with Crippen molar-refractivity contribution in [1.82, 2.24) is 5.32 Å². The molecule has 0 aromatic heterocycles. The highest BCUT2D eigenvalue weighted by atomic mass is 16.5. The van der Waals surface area contributed by atoms with Crippen LogP contribution < -0.4 is 5.32 Å². The van der Waals surface area contributed by atoms with Gasteiger partial charge in [-0.3, -0.25) is 4.79 Å². The van der Waals surface area contributed by atoms with E-state index in [0.717, 1.165) is 13.0 Å². The van der Waals surface area contributed by atoms with Crippen molar-refractivity contribution in [2.75, 3.05) is 13.2 Å². The first-order chi connectivity index (χ1) is 8.07. The molecule has 1 atom stereocenters. The van der Waals surface area contributed by atoms with Gasteiger partial charge in [0.05, 0.1) is 6.10 Å². The smallest absolute Gasteiger partial charge is 0.246 e. The molecule has 3 nitrogen and oxygen atoms in total. The Morgan fingerprint density at radius 2 is 1.94 bits per heavy atom. The lowest BCUT2D eigenvalue weighted by molar-refractivity contribution is -0.118. The minimum atomic E-state index is -0.0941. The number of carbonyl (C=O) groups excluding carboxylic acids is 1. The third-order valence-electron chi connectivity index (χ3n) is 2.59. The van der Waals surface area contributed by atoms with E-state index >= 15 is 0 Å². The fourth-order valence-electron chi connectivity index (χ4n) is 1.44. The largest absolute Gasteiger partial charge is 0.377 e. The predicted molar refractivity (Wildman–Crippen MR) is 72.0 cm³/mol. The summed E-state index contributed by atoms with van der Waals surface area (Å²) in [6.45, 7) is 10.8. The van der Waals surface area contributed by atoms with Crippen LogP contribution in [0.1, 0.15) is 52.9 Å². The van der Waals surface area contributed by atoms with Crippen molar-refractivity contribution in [3.05, 3.63) is 12.2 Å². The zero-order valence-corrected chi connectivity index (χ0v) is 11.6. The molecule has 0 spiro atoms. The van der Waals surface area contributed by atoms with Gasteiger partial charge in [-0.25, -0.2) is 0 Å². The summed E-state index contributed by atoms with van der Waals surface area (Å²) in [5.74, 6) is -0.0941. The highest BCUT2D eigenvalue weighted by Gasteiger charge is 2.05. The Balaban J connectivity index is 3.37. The second-order valence-electron chi connectivity index (χ2n) is 4.59. The average molecular weight is 241 g/mol. The van der Waals surface area contributed by atoms with Crippen molar-refractivity contribution in [3.63, 3.8) is 0 Å². The van der Waals surface area contributed by atoms with E-state index in [0.29, 0.717) is 12.1 Å². The van der Waals surface area contributed by atoms with Gasteiger partial charge in [0.25, 0.3) is 0 Å². The highest BCUT2D eigenvalue weighted by molar-refractivity contribution is 5.92. The summed E-state index contributed by atoms with van der Waals surface area (Å²) in [6.07, 6.45) is 6.29. The topological polar surface area (TPSA) is 38.3 Å². The summed E-state index contributed by atoms with van der Waals surface area (Å²) >= 11 is 0. The fourth-order valence-corrected chi connectivity index (χ4v) is 1.44. The van der Waals surface area contributed by atoms with E-state index in [1.54, 1.807) is 6.92 Å². The van der Waals surface area contributed by atoms with E-state index in [4.69, 9.17) is 4.74 Å². The molecule has 100 valence electrons. The lowest BCUT2D eigenvalue weighted by Crippen LogP contribution is -2.32. The number of rotatable bonds is 10. The lowest BCUT2D eigenvalue weighted by Gasteiger charge is -2.13. The first-order valence-corrected chi connectivity index (χ1v) is 6.63. The number of amides is 1. The van der Waals surface area contributed by atoms with Gasteiger partial charge in [0, 0.05) is 18.7 Å². The van der Waals surface area contributed by atoms with Crippen molar-refractivity contribution in [3.8, 4) is 0 Å². The van der Waals surface area contributed by atoms with Crippen LogP contribution in [0.3, 0.4) is 0 Å². The molecular weight excluding hydrogens is 214 g/mol. The van der Waals surface area contributed by atoms with Gasteiger partial charge >= 0.3 is 0 Å². The molecule has 17 heavy (non-hydrogen) atoms. The van der Waals surface area contributed by atoms with E-state index < -0.39 is 0 Å². The fraction of sp³-hybridized carbons (Fsp3) is 0.786. The van der Waals surface area contributed by atoms with Crippen molar-refractivity contribution < 1.29 is 9.53 Å². The number of hydrogen-bond acceptors (Lipinski definition) is 2. The van der Waals surface area contributed by atoms with Crippen molar-refractivity contribution >= 4 is 5.91 Å². The molecule has 1 amide bonds. The summed E-state index contributed by atoms with van der Waals surface area (Å²) in [5.41, 5.74) is 0.539. The maximum absolute atomic E-state index is 11.2. The van der Waals surface area contributed by atoms with Crippen LogP contribution in [-0.4, -0.2) is 25.2 Å². The Hall–Kier alpha value is -0.830. The molecule has 0 saturated carbocycles. The number of ether oxygens (including phenoxy) is 1. The van der Waals surface area contributed by atoms with Crippen LogP contribution in [0.4, 0.5) is 0 Å². The molecule has 0 aliphatic heterocycles. The van der Waals surface area contributed by atoms with Crippen LogP contribution in [0, 0.1) is 0 Å². The molecule has 0 heterocycles. The molecule has 1 N–H and O–H groups in total. The van der Waals surface area contributed by atoms with Crippen LogP contribution in [0.25, 0.3) is 0 Å². The van der Waals surface area contributed by atoms with Gasteiger partial charge in [-0.15, -0.1) is 0 Å². The molecule has 0 aromatic rings. The first kappa shape index (κ1) is 16.2. The zero-order valence-electron chi connectivity index (χ0n) is 11.6. The number of hydrogen-bond donors (Lipinski definition) is 1. The molecule has 0 bridgehead atoms. The van der Waals surface area contributed by atoms with Gasteiger partial charge in [-0.2, -0.15) is 0 Å². The van der Waals surface area contributed by atoms with Crippen LogP contribution in [0.15, 0.2) is 12.2 Å². The summed E-state index contributed by atoms with van der Waals surface area (Å²) < 4.78 is 5.61. The standard InChI is InChI=1S/C14H27NO2/c1-5-6-7-8-9-10-17-13(4)11-15-14(16)12(2)3/h13H,2,5-11H2,1,3-4H3,(H,15,16). The van der Waals surface area contributed by atoms with Crippen LogP contribution in [0.2, 0.25) is 0 Å².